The Kier molecular flexibility index (Phi) is 6.61. The quantitative estimate of drug-likeness (QED) is 0.436. The molecule has 1 amide bonds. The second-order valence-electron chi connectivity index (χ2n) is 7.40. The van der Waals surface area contributed by atoms with Crippen LogP contribution in [0.5, 0.6) is 0 Å². The Morgan fingerprint density at radius 1 is 1.13 bits per heavy atom. The van der Waals surface area contributed by atoms with E-state index in [-0.39, 0.29) is 5.91 Å². The number of hydrogen-bond acceptors (Lipinski definition) is 5. The number of halogens is 1. The molecule has 8 heteroatoms. The summed E-state index contributed by atoms with van der Waals surface area (Å²) in [7, 11) is 0. The highest BCUT2D eigenvalue weighted by Gasteiger charge is 2.35. The summed E-state index contributed by atoms with van der Waals surface area (Å²) in [4.78, 5) is 28.8. The Morgan fingerprint density at radius 3 is 2.60 bits per heavy atom. The van der Waals surface area contributed by atoms with Gasteiger partial charge in [-0.15, -0.1) is 11.3 Å². The zero-order chi connectivity index (χ0) is 21.1. The third-order valence-electron chi connectivity index (χ3n) is 5.33. The molecule has 1 saturated carbocycles. The molecule has 0 saturated heterocycles. The summed E-state index contributed by atoms with van der Waals surface area (Å²) in [5.41, 5.74) is 2.75. The average Bonchev–Trinajstić information content (AvgIpc) is 3.15. The fourth-order valence-electron chi connectivity index (χ4n) is 3.74. The van der Waals surface area contributed by atoms with Crippen molar-refractivity contribution in [1.29, 1.82) is 0 Å². The number of rotatable bonds is 6. The van der Waals surface area contributed by atoms with Crippen molar-refractivity contribution in [1.82, 2.24) is 4.98 Å². The summed E-state index contributed by atoms with van der Waals surface area (Å²) >= 11 is 9.18. The summed E-state index contributed by atoms with van der Waals surface area (Å²) < 4.78 is 1.95. The van der Waals surface area contributed by atoms with Crippen LogP contribution in [0.2, 0.25) is 5.02 Å². The number of thioether (sulfide) groups is 1. The predicted octanol–water partition coefficient (Wildman–Crippen LogP) is 6.07. The minimum absolute atomic E-state index is 0.205. The first kappa shape index (κ1) is 21.2. The van der Waals surface area contributed by atoms with Gasteiger partial charge in [-0.05, 0) is 48.7 Å². The molecule has 2 aromatic carbocycles. The number of anilines is 1. The van der Waals surface area contributed by atoms with E-state index in [1.165, 1.54) is 5.56 Å². The molecule has 2 atom stereocenters. The van der Waals surface area contributed by atoms with Gasteiger partial charge in [0.15, 0.2) is 4.34 Å². The summed E-state index contributed by atoms with van der Waals surface area (Å²) in [6.07, 6.45) is 2.95. The molecule has 1 fully saturated rings. The van der Waals surface area contributed by atoms with Crippen molar-refractivity contribution < 1.29 is 14.7 Å². The number of carboxylic acid groups (broad SMARTS) is 1. The van der Waals surface area contributed by atoms with Crippen LogP contribution >= 0.6 is 34.7 Å². The highest BCUT2D eigenvalue weighted by Crippen LogP contribution is 2.34. The van der Waals surface area contributed by atoms with Crippen LogP contribution in [0.25, 0.3) is 10.2 Å². The zero-order valence-electron chi connectivity index (χ0n) is 16.1. The molecule has 4 rings (SSSR count). The monoisotopic (exact) mass is 460 g/mol. The van der Waals surface area contributed by atoms with Crippen molar-refractivity contribution in [2.75, 3.05) is 5.32 Å². The van der Waals surface area contributed by atoms with Gasteiger partial charge >= 0.3 is 5.97 Å². The molecule has 1 aromatic heterocycles. The highest BCUT2D eigenvalue weighted by atomic mass is 35.5. The van der Waals surface area contributed by atoms with Crippen LogP contribution in [0.4, 0.5) is 5.69 Å². The molecule has 0 bridgehead atoms. The van der Waals surface area contributed by atoms with Crippen LogP contribution in [0.1, 0.15) is 31.2 Å². The van der Waals surface area contributed by atoms with Gasteiger partial charge in [0.1, 0.15) is 0 Å². The van der Waals surface area contributed by atoms with Gasteiger partial charge in [0.2, 0.25) is 5.91 Å². The number of carbonyl (C=O) groups is 2. The molecule has 3 aromatic rings. The molecule has 156 valence electrons. The van der Waals surface area contributed by atoms with Gasteiger partial charge in [-0.25, -0.2) is 4.98 Å². The molecule has 30 heavy (non-hydrogen) atoms. The largest absolute Gasteiger partial charge is 0.481 e. The lowest BCUT2D eigenvalue weighted by atomic mass is 9.78. The highest BCUT2D eigenvalue weighted by molar-refractivity contribution is 8.00. The molecule has 1 aliphatic rings. The number of aromatic nitrogens is 1. The first-order valence-corrected chi connectivity index (χ1v) is 12.0. The van der Waals surface area contributed by atoms with Gasteiger partial charge in [-0.3, -0.25) is 9.59 Å². The Hall–Kier alpha value is -2.09. The van der Waals surface area contributed by atoms with Crippen LogP contribution in [0, 0.1) is 11.8 Å². The Morgan fingerprint density at radius 2 is 1.87 bits per heavy atom. The SMILES string of the molecule is O=C(Nc1ccc2nc(SCc3ccc(Cl)cc3)sc2c1)[C@H]1CCCC[C@H]1C(=O)O. The van der Waals surface area contributed by atoms with E-state index in [0.717, 1.165) is 38.2 Å². The number of amides is 1. The van der Waals surface area contributed by atoms with Gasteiger partial charge in [0, 0.05) is 16.5 Å². The number of fused-ring (bicyclic) bond motifs is 1. The van der Waals surface area contributed by atoms with Crippen molar-refractivity contribution in [3.05, 3.63) is 53.1 Å². The standard InChI is InChI=1S/C22H21ClN2O3S2/c23-14-7-5-13(6-8-14)12-29-22-25-18-10-9-15(11-19(18)30-22)24-20(26)16-3-1-2-4-17(16)21(27)28/h5-11,16-17H,1-4,12H2,(H,24,26)(H,27,28)/t16-,17+/m0/s1. The lowest BCUT2D eigenvalue weighted by Crippen LogP contribution is -2.36. The number of carboxylic acids is 1. The van der Waals surface area contributed by atoms with Crippen molar-refractivity contribution in [2.24, 2.45) is 11.8 Å². The van der Waals surface area contributed by atoms with E-state index in [1.54, 1.807) is 23.1 Å². The number of nitrogens with one attached hydrogen (secondary N) is 1. The fourth-order valence-corrected chi connectivity index (χ4v) is 5.93. The normalized spacial score (nSPS) is 19.0. The Balaban J connectivity index is 1.43. The molecule has 0 unspecified atom stereocenters. The van der Waals surface area contributed by atoms with E-state index in [2.05, 4.69) is 10.3 Å². The Labute approximate surface area is 187 Å². The molecule has 0 radical (unpaired) electrons. The van der Waals surface area contributed by atoms with E-state index in [1.807, 2.05) is 42.5 Å². The summed E-state index contributed by atoms with van der Waals surface area (Å²) in [5, 5.41) is 13.1. The third-order valence-corrected chi connectivity index (χ3v) is 7.82. The van der Waals surface area contributed by atoms with E-state index < -0.39 is 17.8 Å². The molecule has 5 nitrogen and oxygen atoms in total. The van der Waals surface area contributed by atoms with E-state index in [4.69, 9.17) is 11.6 Å². The maximum atomic E-state index is 12.7. The number of carbonyl (C=O) groups excluding carboxylic acids is 1. The van der Waals surface area contributed by atoms with E-state index in [9.17, 15) is 14.7 Å². The number of nitrogens with zero attached hydrogens (tertiary/aromatic N) is 1. The number of thiazole rings is 1. The summed E-state index contributed by atoms with van der Waals surface area (Å²) in [5.74, 6) is -1.35. The van der Waals surface area contributed by atoms with Gasteiger partial charge in [0.25, 0.3) is 0 Å². The van der Waals surface area contributed by atoms with Gasteiger partial charge in [-0.2, -0.15) is 0 Å². The third kappa shape index (κ3) is 4.96. The minimum Gasteiger partial charge on any atom is -0.481 e. The summed E-state index contributed by atoms with van der Waals surface area (Å²) in [6.45, 7) is 0. The molecule has 1 heterocycles. The van der Waals surface area contributed by atoms with Crippen LogP contribution < -0.4 is 5.32 Å². The Bertz CT molecular complexity index is 1070. The van der Waals surface area contributed by atoms with Crippen LogP contribution in [-0.4, -0.2) is 22.0 Å². The number of benzene rings is 2. The van der Waals surface area contributed by atoms with Crippen molar-refractivity contribution in [3.63, 3.8) is 0 Å². The second kappa shape index (κ2) is 9.37. The molecular weight excluding hydrogens is 440 g/mol. The van der Waals surface area contributed by atoms with Gasteiger partial charge < -0.3 is 10.4 Å². The van der Waals surface area contributed by atoms with Crippen LogP contribution in [0.3, 0.4) is 0 Å². The first-order valence-electron chi connectivity index (χ1n) is 9.81. The van der Waals surface area contributed by atoms with Gasteiger partial charge in [0.05, 0.1) is 22.1 Å². The van der Waals surface area contributed by atoms with Gasteiger partial charge in [-0.1, -0.05) is 48.3 Å². The lowest BCUT2D eigenvalue weighted by molar-refractivity contribution is -0.147. The zero-order valence-corrected chi connectivity index (χ0v) is 18.5. The average molecular weight is 461 g/mol. The van der Waals surface area contributed by atoms with Crippen LogP contribution in [-0.2, 0) is 15.3 Å². The molecule has 1 aliphatic carbocycles. The van der Waals surface area contributed by atoms with Crippen molar-refractivity contribution >= 4 is 62.5 Å². The second-order valence-corrected chi connectivity index (χ2v) is 10.1. The maximum Gasteiger partial charge on any atom is 0.307 e. The van der Waals surface area contributed by atoms with Crippen molar-refractivity contribution in [2.45, 2.75) is 35.8 Å². The predicted molar refractivity (Wildman–Crippen MR) is 122 cm³/mol. The number of aliphatic carboxylic acids is 1. The summed E-state index contributed by atoms with van der Waals surface area (Å²) in [6, 6.07) is 13.4. The lowest BCUT2D eigenvalue weighted by Gasteiger charge is -2.27. The molecule has 2 N–H and O–H groups in total. The van der Waals surface area contributed by atoms with E-state index in [0.29, 0.717) is 18.5 Å². The van der Waals surface area contributed by atoms with E-state index >= 15 is 0 Å². The molecule has 0 spiro atoms. The fraction of sp³-hybridized carbons (Fsp3) is 0.318. The number of hydrogen-bond donors (Lipinski definition) is 2. The smallest absolute Gasteiger partial charge is 0.307 e. The van der Waals surface area contributed by atoms with Crippen molar-refractivity contribution in [3.8, 4) is 0 Å². The van der Waals surface area contributed by atoms with Crippen LogP contribution in [0.15, 0.2) is 46.8 Å². The molecule has 0 aliphatic heterocycles. The topological polar surface area (TPSA) is 79.3 Å². The maximum absolute atomic E-state index is 12.7. The first-order chi connectivity index (χ1) is 14.5. The minimum atomic E-state index is -0.880. The molecular formula is C22H21ClN2O3S2.